The van der Waals surface area contributed by atoms with Crippen LogP contribution in [0.4, 0.5) is 17.6 Å². The fraction of sp³-hybridized carbons (Fsp3) is 0.292. The van der Waals surface area contributed by atoms with Gasteiger partial charge in [-0.1, -0.05) is 30.3 Å². The molecule has 0 radical (unpaired) electrons. The summed E-state index contributed by atoms with van der Waals surface area (Å²) in [7, 11) is 0. The van der Waals surface area contributed by atoms with Crippen LogP contribution in [0, 0.1) is 5.82 Å². The van der Waals surface area contributed by atoms with E-state index in [4.69, 9.17) is 4.42 Å². The van der Waals surface area contributed by atoms with Gasteiger partial charge >= 0.3 is 0 Å². The van der Waals surface area contributed by atoms with Gasteiger partial charge in [0.25, 0.3) is 17.7 Å². The molecule has 4 rings (SSSR count). The Labute approximate surface area is 192 Å². The van der Waals surface area contributed by atoms with Gasteiger partial charge in [-0.05, 0) is 30.2 Å². The van der Waals surface area contributed by atoms with E-state index in [1.165, 1.54) is 18.2 Å². The number of amides is 2. The van der Waals surface area contributed by atoms with Gasteiger partial charge in [0, 0.05) is 30.6 Å². The van der Waals surface area contributed by atoms with Gasteiger partial charge in [0.15, 0.2) is 5.69 Å². The molecule has 0 saturated carbocycles. The van der Waals surface area contributed by atoms with Crippen molar-refractivity contribution in [3.8, 4) is 11.5 Å². The van der Waals surface area contributed by atoms with Crippen molar-refractivity contribution in [2.75, 3.05) is 13.1 Å². The molecule has 1 aliphatic heterocycles. The predicted molar refractivity (Wildman–Crippen MR) is 114 cm³/mol. The average molecular weight is 475 g/mol. The average Bonchev–Trinajstić information content (AvgIpc) is 3.32. The zero-order valence-electron chi connectivity index (χ0n) is 17.9. The van der Waals surface area contributed by atoms with Crippen LogP contribution in [0.3, 0.4) is 0 Å². The topological polar surface area (TPSA) is 75.4 Å². The van der Waals surface area contributed by atoms with Gasteiger partial charge in [0.1, 0.15) is 12.1 Å². The van der Waals surface area contributed by atoms with Gasteiger partial charge in [-0.2, -0.15) is 0 Å². The lowest BCUT2D eigenvalue weighted by atomic mass is 10.1. The van der Waals surface area contributed by atoms with Crippen molar-refractivity contribution in [2.45, 2.75) is 31.5 Å². The summed E-state index contributed by atoms with van der Waals surface area (Å²) < 4.78 is 60.5. The van der Waals surface area contributed by atoms with Crippen molar-refractivity contribution >= 4 is 11.8 Å². The predicted octanol–water partition coefficient (Wildman–Crippen LogP) is 4.68. The van der Waals surface area contributed by atoms with Crippen molar-refractivity contribution in [1.82, 2.24) is 15.2 Å². The molecule has 1 atom stereocenters. The summed E-state index contributed by atoms with van der Waals surface area (Å²) >= 11 is 0. The fourth-order valence-corrected chi connectivity index (χ4v) is 3.67. The number of nitrogens with one attached hydrogen (secondary N) is 1. The molecule has 3 aromatic rings. The molecule has 1 aliphatic rings. The SMILES string of the molecule is O=C(NCc1ccc(-c2nc(C(=O)N3CCCC(F)(F)C3)co2)cc1)C(F)c1ccccc1F. The first-order chi connectivity index (χ1) is 16.2. The molecule has 1 aromatic heterocycles. The van der Waals surface area contributed by atoms with Gasteiger partial charge < -0.3 is 14.6 Å². The van der Waals surface area contributed by atoms with E-state index in [1.807, 2.05) is 0 Å². The standard InChI is InChI=1S/C24H21F4N3O3/c25-18-5-2-1-4-17(18)20(26)21(32)29-12-15-6-8-16(9-7-15)22-30-19(13-34-22)23(33)31-11-3-10-24(27,28)14-31/h1-2,4-9,13,20H,3,10-12,14H2,(H,29,32). The number of carbonyl (C=O) groups excluding carboxylic acids is 2. The van der Waals surface area contributed by atoms with Gasteiger partial charge in [-0.25, -0.2) is 22.5 Å². The van der Waals surface area contributed by atoms with E-state index in [9.17, 15) is 27.2 Å². The zero-order valence-corrected chi connectivity index (χ0v) is 17.9. The molecule has 1 saturated heterocycles. The number of likely N-dealkylation sites (tertiary alicyclic amines) is 1. The van der Waals surface area contributed by atoms with E-state index in [0.717, 1.165) is 17.2 Å². The van der Waals surface area contributed by atoms with E-state index < -0.39 is 36.3 Å². The smallest absolute Gasteiger partial charge is 0.276 e. The number of rotatable bonds is 6. The fourth-order valence-electron chi connectivity index (χ4n) is 3.67. The number of nitrogens with zero attached hydrogens (tertiary/aromatic N) is 2. The van der Waals surface area contributed by atoms with E-state index in [-0.39, 0.29) is 43.1 Å². The number of alkyl halides is 3. The van der Waals surface area contributed by atoms with Gasteiger partial charge in [-0.3, -0.25) is 9.59 Å². The highest BCUT2D eigenvalue weighted by Gasteiger charge is 2.38. The van der Waals surface area contributed by atoms with E-state index in [1.54, 1.807) is 24.3 Å². The monoisotopic (exact) mass is 475 g/mol. The summed E-state index contributed by atoms with van der Waals surface area (Å²) in [6, 6.07) is 11.7. The van der Waals surface area contributed by atoms with Crippen LogP contribution in [0.25, 0.3) is 11.5 Å². The lowest BCUT2D eigenvalue weighted by molar-refractivity contribution is -0.126. The number of oxazole rings is 1. The minimum atomic E-state index is -2.91. The van der Waals surface area contributed by atoms with E-state index in [2.05, 4.69) is 10.3 Å². The quantitative estimate of drug-likeness (QED) is 0.526. The number of carbonyl (C=O) groups is 2. The van der Waals surface area contributed by atoms with Gasteiger partial charge in [0.2, 0.25) is 12.1 Å². The van der Waals surface area contributed by atoms with Crippen LogP contribution in [0.1, 0.15) is 40.6 Å². The first-order valence-corrected chi connectivity index (χ1v) is 10.6. The van der Waals surface area contributed by atoms with E-state index >= 15 is 0 Å². The molecular formula is C24H21F4N3O3. The van der Waals surface area contributed by atoms with Gasteiger partial charge in [0.05, 0.1) is 6.54 Å². The first-order valence-electron chi connectivity index (χ1n) is 10.6. The molecule has 0 spiro atoms. The Hall–Kier alpha value is -3.69. The van der Waals surface area contributed by atoms with Crippen LogP contribution in [0.15, 0.2) is 59.2 Å². The number of hydrogen-bond donors (Lipinski definition) is 1. The minimum Gasteiger partial charge on any atom is -0.444 e. The van der Waals surface area contributed by atoms with Crippen LogP contribution >= 0.6 is 0 Å². The van der Waals surface area contributed by atoms with Gasteiger partial charge in [-0.15, -0.1) is 0 Å². The maximum Gasteiger partial charge on any atom is 0.276 e. The molecule has 6 nitrogen and oxygen atoms in total. The largest absolute Gasteiger partial charge is 0.444 e. The molecular weight excluding hydrogens is 454 g/mol. The molecule has 1 fully saturated rings. The van der Waals surface area contributed by atoms with Crippen LogP contribution in [0.5, 0.6) is 0 Å². The highest BCUT2D eigenvalue weighted by molar-refractivity contribution is 5.92. The molecule has 2 amide bonds. The summed E-state index contributed by atoms with van der Waals surface area (Å²) in [6.45, 7) is -0.411. The summed E-state index contributed by atoms with van der Waals surface area (Å²) in [5.74, 6) is -5.17. The first kappa shape index (κ1) is 23.5. The zero-order chi connectivity index (χ0) is 24.3. The molecule has 0 aliphatic carbocycles. The van der Waals surface area contributed by atoms with E-state index in [0.29, 0.717) is 11.1 Å². The third kappa shape index (κ3) is 5.27. The molecule has 2 aromatic carbocycles. The second-order valence-corrected chi connectivity index (χ2v) is 8.02. The highest BCUT2D eigenvalue weighted by Crippen LogP contribution is 2.28. The second-order valence-electron chi connectivity index (χ2n) is 8.02. The molecule has 34 heavy (non-hydrogen) atoms. The Bertz CT molecular complexity index is 1180. The number of hydrogen-bond acceptors (Lipinski definition) is 4. The van der Waals surface area contributed by atoms with Crippen LogP contribution in [0.2, 0.25) is 0 Å². The van der Waals surface area contributed by atoms with Crippen molar-refractivity contribution in [1.29, 1.82) is 0 Å². The number of piperidine rings is 1. The Balaban J connectivity index is 1.36. The maximum absolute atomic E-state index is 14.3. The molecule has 1 unspecified atom stereocenters. The molecule has 1 N–H and O–H groups in total. The maximum atomic E-state index is 14.3. The van der Waals surface area contributed by atoms with Crippen molar-refractivity contribution in [3.05, 3.63) is 77.4 Å². The summed E-state index contributed by atoms with van der Waals surface area (Å²) in [4.78, 5) is 29.7. The summed E-state index contributed by atoms with van der Waals surface area (Å²) in [5.41, 5.74) is 0.757. The summed E-state index contributed by atoms with van der Waals surface area (Å²) in [6.07, 6.45) is -1.04. The number of halogens is 4. The highest BCUT2D eigenvalue weighted by atomic mass is 19.3. The molecule has 10 heteroatoms. The Morgan fingerprint density at radius 3 is 2.59 bits per heavy atom. The van der Waals surface area contributed by atoms with Crippen LogP contribution < -0.4 is 5.32 Å². The lowest BCUT2D eigenvalue weighted by Gasteiger charge is -2.31. The van der Waals surface area contributed by atoms with Crippen molar-refractivity contribution in [2.24, 2.45) is 0 Å². The second kappa shape index (κ2) is 9.66. The number of aromatic nitrogens is 1. The van der Waals surface area contributed by atoms with Crippen LogP contribution in [-0.2, 0) is 11.3 Å². The summed E-state index contributed by atoms with van der Waals surface area (Å²) in [5, 5.41) is 2.41. The van der Waals surface area contributed by atoms with Crippen molar-refractivity contribution in [3.63, 3.8) is 0 Å². The number of benzene rings is 2. The molecule has 178 valence electrons. The Kier molecular flexibility index (Phi) is 6.67. The lowest BCUT2D eigenvalue weighted by Crippen LogP contribution is -2.45. The third-order valence-corrected chi connectivity index (χ3v) is 5.48. The molecule has 0 bridgehead atoms. The normalized spacial score (nSPS) is 16.2. The van der Waals surface area contributed by atoms with Crippen molar-refractivity contribution < 1.29 is 31.6 Å². The van der Waals surface area contributed by atoms with Crippen LogP contribution in [-0.4, -0.2) is 40.7 Å². The molecule has 2 heterocycles. The minimum absolute atomic E-state index is 0.00643. The third-order valence-electron chi connectivity index (χ3n) is 5.48. The Morgan fingerprint density at radius 1 is 1.15 bits per heavy atom. The Morgan fingerprint density at radius 2 is 1.88 bits per heavy atom.